The molecule has 6 nitrogen and oxygen atoms in total. The van der Waals surface area contributed by atoms with Crippen LogP contribution >= 0.6 is 0 Å². The number of hydrogen-bond acceptors (Lipinski definition) is 6. The first-order valence-corrected chi connectivity index (χ1v) is 13.9. The van der Waals surface area contributed by atoms with Crippen molar-refractivity contribution in [2.75, 3.05) is 7.11 Å². The summed E-state index contributed by atoms with van der Waals surface area (Å²) in [5.74, 6) is 1.08. The van der Waals surface area contributed by atoms with Crippen LogP contribution in [0.1, 0.15) is 73.6 Å². The largest absolute Gasteiger partial charge is 0.392 e. The highest BCUT2D eigenvalue weighted by atomic mass is 16.7. The van der Waals surface area contributed by atoms with E-state index in [0.29, 0.717) is 18.8 Å². The number of ether oxygens (including phenoxy) is 2. The normalized spacial score (nSPS) is 48.7. The van der Waals surface area contributed by atoms with E-state index < -0.39 is 35.6 Å². The topological polar surface area (TPSA) is 96.2 Å². The second-order valence-electron chi connectivity index (χ2n) is 14.0. The van der Waals surface area contributed by atoms with E-state index in [4.69, 9.17) is 9.47 Å². The molecule has 6 heteroatoms. The van der Waals surface area contributed by atoms with Crippen LogP contribution in [0.3, 0.4) is 0 Å². The number of allylic oxidation sites excluding steroid dienone is 3. The lowest BCUT2D eigenvalue weighted by Crippen LogP contribution is -2.59. The van der Waals surface area contributed by atoms with Crippen molar-refractivity contribution in [3.05, 3.63) is 23.8 Å². The first-order valence-electron chi connectivity index (χ1n) is 13.9. The molecule has 0 aromatic heterocycles. The van der Waals surface area contributed by atoms with Crippen molar-refractivity contribution in [1.29, 1.82) is 0 Å². The third kappa shape index (κ3) is 3.65. The van der Waals surface area contributed by atoms with Gasteiger partial charge in [0.1, 0.15) is 6.10 Å². The Kier molecular flexibility index (Phi) is 6.25. The van der Waals surface area contributed by atoms with Crippen LogP contribution in [0.5, 0.6) is 0 Å². The highest BCUT2D eigenvalue weighted by Gasteiger charge is 2.64. The second kappa shape index (κ2) is 8.47. The molecule has 0 spiro atoms. The molecule has 0 bridgehead atoms. The molecule has 4 aliphatic carbocycles. The lowest BCUT2D eigenvalue weighted by Gasteiger charge is -2.61. The summed E-state index contributed by atoms with van der Waals surface area (Å²) in [5, 5.41) is 32.7. The molecule has 11 unspecified atom stereocenters. The van der Waals surface area contributed by atoms with Gasteiger partial charge in [-0.2, -0.15) is 0 Å². The lowest BCUT2D eigenvalue weighted by atomic mass is 9.43. The van der Waals surface area contributed by atoms with Gasteiger partial charge in [0, 0.05) is 24.4 Å². The van der Waals surface area contributed by atoms with Gasteiger partial charge in [0.2, 0.25) is 0 Å². The fourth-order valence-electron chi connectivity index (χ4n) is 9.28. The van der Waals surface area contributed by atoms with Gasteiger partial charge in [0.25, 0.3) is 0 Å². The van der Waals surface area contributed by atoms with Gasteiger partial charge in [-0.25, -0.2) is 0 Å². The first kappa shape index (κ1) is 26.6. The molecular weight excluding hydrogens is 456 g/mol. The van der Waals surface area contributed by atoms with Gasteiger partial charge in [-0.3, -0.25) is 4.79 Å². The predicted octanol–water partition coefficient (Wildman–Crippen LogP) is 4.03. The van der Waals surface area contributed by atoms with Crippen LogP contribution in [-0.4, -0.2) is 58.4 Å². The number of aliphatic hydroxyl groups is 3. The number of fused-ring (bicyclic) bond motifs is 5. The molecule has 3 fully saturated rings. The van der Waals surface area contributed by atoms with Crippen LogP contribution in [0.25, 0.3) is 0 Å². The van der Waals surface area contributed by atoms with Crippen molar-refractivity contribution in [3.63, 3.8) is 0 Å². The van der Waals surface area contributed by atoms with Crippen molar-refractivity contribution >= 4 is 5.78 Å². The third-order valence-electron chi connectivity index (χ3n) is 11.4. The smallest absolute Gasteiger partial charge is 0.161 e. The highest BCUT2D eigenvalue weighted by molar-refractivity contribution is 5.95. The van der Waals surface area contributed by atoms with Crippen molar-refractivity contribution < 1.29 is 29.6 Å². The fraction of sp³-hybridized carbons (Fsp3) is 0.833. The van der Waals surface area contributed by atoms with Gasteiger partial charge in [0.15, 0.2) is 12.1 Å². The monoisotopic (exact) mass is 502 g/mol. The standard InChI is InChI=1S/C30H46O6/c1-27(2)22-15-20(31)24-18-9-8-17(16-14-21(36-26(16)35-7)25(33)28(3,4)34)29(18,5)12-10-19(24)30(22,6)13-11-23(27)32/h9,11,13,16-17,19-22,24-26,31,33-34H,8,10,12,14-15H2,1-7H3. The Morgan fingerprint density at radius 3 is 2.50 bits per heavy atom. The van der Waals surface area contributed by atoms with Crippen molar-refractivity contribution in [3.8, 4) is 0 Å². The maximum absolute atomic E-state index is 12.8. The molecular formula is C30H46O6. The summed E-state index contributed by atoms with van der Waals surface area (Å²) in [4.78, 5) is 12.8. The van der Waals surface area contributed by atoms with Gasteiger partial charge in [-0.1, -0.05) is 45.4 Å². The number of ketones is 1. The Morgan fingerprint density at radius 1 is 1.17 bits per heavy atom. The maximum atomic E-state index is 12.8. The molecule has 1 saturated heterocycles. The molecule has 1 aliphatic heterocycles. The van der Waals surface area contributed by atoms with E-state index in [0.717, 1.165) is 19.3 Å². The Balaban J connectivity index is 1.43. The lowest BCUT2D eigenvalue weighted by molar-refractivity contribution is -0.183. The van der Waals surface area contributed by atoms with E-state index in [-0.39, 0.29) is 40.3 Å². The van der Waals surface area contributed by atoms with Crippen LogP contribution in [0.4, 0.5) is 0 Å². The van der Waals surface area contributed by atoms with Crippen molar-refractivity contribution in [2.45, 2.75) is 104 Å². The number of hydrogen-bond donors (Lipinski definition) is 3. The zero-order valence-electron chi connectivity index (χ0n) is 23.0. The average Bonchev–Trinajstić information content (AvgIpc) is 3.37. The highest BCUT2D eigenvalue weighted by Crippen LogP contribution is 2.68. The molecule has 202 valence electrons. The van der Waals surface area contributed by atoms with E-state index >= 15 is 0 Å². The van der Waals surface area contributed by atoms with Crippen LogP contribution < -0.4 is 0 Å². The molecule has 1 heterocycles. The number of aliphatic hydroxyl groups excluding tert-OH is 2. The number of methoxy groups -OCH3 is 1. The van der Waals surface area contributed by atoms with Gasteiger partial charge >= 0.3 is 0 Å². The van der Waals surface area contributed by atoms with Crippen LogP contribution in [0.2, 0.25) is 0 Å². The SMILES string of the molecule is COC1OC(C(O)C(C)(C)O)CC1C1CC=C2C3C(O)CC4C(C)(C)C(=O)C=CC4(C)C3CCC21C. The number of rotatable bonds is 4. The minimum Gasteiger partial charge on any atom is -0.392 e. The fourth-order valence-corrected chi connectivity index (χ4v) is 9.28. The molecule has 5 aliphatic rings. The molecule has 11 atom stereocenters. The molecule has 0 aromatic rings. The summed E-state index contributed by atoms with van der Waals surface area (Å²) >= 11 is 0. The van der Waals surface area contributed by atoms with Gasteiger partial charge in [-0.15, -0.1) is 0 Å². The van der Waals surface area contributed by atoms with E-state index in [2.05, 4.69) is 39.8 Å². The summed E-state index contributed by atoms with van der Waals surface area (Å²) in [6, 6.07) is 0. The first-order chi connectivity index (χ1) is 16.7. The Hall–Kier alpha value is -1.05. The molecule has 3 N–H and O–H groups in total. The zero-order chi connectivity index (χ0) is 26.4. The molecule has 36 heavy (non-hydrogen) atoms. The van der Waals surface area contributed by atoms with Gasteiger partial charge in [-0.05, 0) is 80.6 Å². The van der Waals surface area contributed by atoms with E-state index in [1.807, 2.05) is 0 Å². The predicted molar refractivity (Wildman–Crippen MR) is 137 cm³/mol. The minimum absolute atomic E-state index is 0.0750. The molecule has 0 aromatic carbocycles. The van der Waals surface area contributed by atoms with Crippen molar-refractivity contribution in [1.82, 2.24) is 0 Å². The Morgan fingerprint density at radius 2 is 1.86 bits per heavy atom. The molecule has 0 amide bonds. The van der Waals surface area contributed by atoms with E-state index in [1.165, 1.54) is 5.57 Å². The van der Waals surface area contributed by atoms with Crippen LogP contribution in [0.15, 0.2) is 23.8 Å². The quantitative estimate of drug-likeness (QED) is 0.503. The number of carbonyl (C=O) groups excluding carboxylic acids is 1. The number of carbonyl (C=O) groups is 1. The van der Waals surface area contributed by atoms with Gasteiger partial charge in [0.05, 0.1) is 17.8 Å². The van der Waals surface area contributed by atoms with E-state index in [9.17, 15) is 20.1 Å². The van der Waals surface area contributed by atoms with Crippen LogP contribution in [-0.2, 0) is 14.3 Å². The Bertz CT molecular complexity index is 961. The molecule has 0 radical (unpaired) electrons. The molecule has 5 rings (SSSR count). The van der Waals surface area contributed by atoms with E-state index in [1.54, 1.807) is 27.0 Å². The third-order valence-corrected chi connectivity index (χ3v) is 11.4. The minimum atomic E-state index is -1.25. The van der Waals surface area contributed by atoms with Gasteiger partial charge < -0.3 is 24.8 Å². The molecule has 2 saturated carbocycles. The summed E-state index contributed by atoms with van der Waals surface area (Å²) in [6.07, 6.45) is 8.22. The second-order valence-corrected chi connectivity index (χ2v) is 14.0. The average molecular weight is 503 g/mol. The zero-order valence-corrected chi connectivity index (χ0v) is 23.0. The summed E-state index contributed by atoms with van der Waals surface area (Å²) in [5.41, 5.74) is -0.532. The van der Waals surface area contributed by atoms with Crippen LogP contribution in [0, 0.1) is 45.8 Å². The van der Waals surface area contributed by atoms with Crippen molar-refractivity contribution in [2.24, 2.45) is 45.8 Å². The summed E-state index contributed by atoms with van der Waals surface area (Å²) in [6.45, 7) is 12.0. The summed E-state index contributed by atoms with van der Waals surface area (Å²) < 4.78 is 11.9. The Labute approximate surface area is 216 Å². The maximum Gasteiger partial charge on any atom is 0.161 e. The summed E-state index contributed by atoms with van der Waals surface area (Å²) in [7, 11) is 1.66.